The standard InChI is InChI=1S/C25H29N3O2/c1-17-12-14-21(15-13-17)27-24(29)16-28(4)25(30)19(3)26-18(2)22-11-7-9-20-8-5-6-10-23(20)22/h5-15,18-19,26H,16H2,1-4H3,(H,27,29)/p+1/t18-,19+/m0/s1. The molecule has 0 aromatic heterocycles. The van der Waals surface area contributed by atoms with Crippen molar-refractivity contribution < 1.29 is 14.9 Å². The number of hydrogen-bond donors (Lipinski definition) is 2. The molecule has 156 valence electrons. The van der Waals surface area contributed by atoms with E-state index in [1.165, 1.54) is 21.2 Å². The summed E-state index contributed by atoms with van der Waals surface area (Å²) in [5.74, 6) is -0.273. The van der Waals surface area contributed by atoms with Crippen LogP contribution in [-0.2, 0) is 9.59 Å². The number of carbonyl (C=O) groups is 2. The summed E-state index contributed by atoms with van der Waals surface area (Å²) < 4.78 is 0. The van der Waals surface area contributed by atoms with E-state index < -0.39 is 0 Å². The summed E-state index contributed by atoms with van der Waals surface area (Å²) in [5.41, 5.74) is 3.06. The molecule has 5 heteroatoms. The Bertz CT molecular complexity index is 1020. The number of carbonyl (C=O) groups excluding carboxylic acids is 2. The molecule has 5 nitrogen and oxygen atoms in total. The van der Waals surface area contributed by atoms with E-state index in [0.717, 1.165) is 11.3 Å². The zero-order valence-corrected chi connectivity index (χ0v) is 18.1. The van der Waals surface area contributed by atoms with Gasteiger partial charge in [-0.15, -0.1) is 0 Å². The molecule has 0 spiro atoms. The molecule has 2 atom stereocenters. The molecule has 3 aromatic carbocycles. The van der Waals surface area contributed by atoms with E-state index >= 15 is 0 Å². The third-order valence-electron chi connectivity index (χ3n) is 5.37. The second-order valence-electron chi connectivity index (χ2n) is 7.95. The first-order chi connectivity index (χ1) is 14.3. The minimum atomic E-state index is -0.295. The molecular weight excluding hydrogens is 374 g/mol. The van der Waals surface area contributed by atoms with E-state index in [4.69, 9.17) is 0 Å². The summed E-state index contributed by atoms with van der Waals surface area (Å²) in [6, 6.07) is 22.0. The van der Waals surface area contributed by atoms with Gasteiger partial charge in [0.15, 0.2) is 6.04 Å². The normalized spacial score (nSPS) is 12.9. The van der Waals surface area contributed by atoms with E-state index in [2.05, 4.69) is 47.9 Å². The first-order valence-corrected chi connectivity index (χ1v) is 10.3. The highest BCUT2D eigenvalue weighted by Crippen LogP contribution is 2.22. The van der Waals surface area contributed by atoms with Crippen LogP contribution in [0.5, 0.6) is 0 Å². The highest BCUT2D eigenvalue weighted by Gasteiger charge is 2.25. The molecule has 0 heterocycles. The van der Waals surface area contributed by atoms with Gasteiger partial charge in [-0.05, 0) is 43.7 Å². The van der Waals surface area contributed by atoms with Crippen LogP contribution < -0.4 is 10.6 Å². The van der Waals surface area contributed by atoms with E-state index in [1.54, 1.807) is 7.05 Å². The van der Waals surface area contributed by atoms with E-state index in [-0.39, 0.29) is 30.4 Å². The quantitative estimate of drug-likeness (QED) is 0.635. The number of amides is 2. The molecule has 0 aliphatic carbocycles. The fraction of sp³-hybridized carbons (Fsp3) is 0.280. The Morgan fingerprint density at radius 2 is 1.63 bits per heavy atom. The number of fused-ring (bicyclic) bond motifs is 1. The van der Waals surface area contributed by atoms with Gasteiger partial charge in [0.1, 0.15) is 6.04 Å². The lowest BCUT2D eigenvalue weighted by Gasteiger charge is -2.23. The summed E-state index contributed by atoms with van der Waals surface area (Å²) in [7, 11) is 1.67. The highest BCUT2D eigenvalue weighted by molar-refractivity contribution is 5.95. The molecule has 0 bridgehead atoms. The largest absolute Gasteiger partial charge is 0.331 e. The fourth-order valence-electron chi connectivity index (χ4n) is 3.74. The topological polar surface area (TPSA) is 66.0 Å². The number of nitrogens with one attached hydrogen (secondary N) is 1. The summed E-state index contributed by atoms with van der Waals surface area (Å²) in [4.78, 5) is 26.6. The molecule has 0 saturated heterocycles. The molecule has 0 aliphatic heterocycles. The second kappa shape index (κ2) is 9.55. The minimum Gasteiger partial charge on any atom is -0.331 e. The van der Waals surface area contributed by atoms with Crippen LogP contribution in [0, 0.1) is 6.92 Å². The predicted molar refractivity (Wildman–Crippen MR) is 121 cm³/mol. The number of benzene rings is 3. The Balaban J connectivity index is 1.58. The molecular formula is C25H30N3O2+. The van der Waals surface area contributed by atoms with E-state index in [9.17, 15) is 9.59 Å². The van der Waals surface area contributed by atoms with Crippen molar-refractivity contribution in [2.45, 2.75) is 32.9 Å². The number of nitrogens with zero attached hydrogens (tertiary/aromatic N) is 1. The van der Waals surface area contributed by atoms with Crippen LogP contribution in [0.4, 0.5) is 5.69 Å². The maximum Gasteiger partial charge on any atom is 0.280 e. The van der Waals surface area contributed by atoms with Crippen LogP contribution in [0.3, 0.4) is 0 Å². The second-order valence-corrected chi connectivity index (χ2v) is 7.95. The van der Waals surface area contributed by atoms with Gasteiger partial charge in [0.2, 0.25) is 5.91 Å². The van der Waals surface area contributed by atoms with Gasteiger partial charge in [0.05, 0.1) is 6.54 Å². The molecule has 0 aliphatic rings. The van der Waals surface area contributed by atoms with Gasteiger partial charge in [-0.25, -0.2) is 0 Å². The van der Waals surface area contributed by atoms with Gasteiger partial charge in [-0.1, -0.05) is 60.2 Å². The average Bonchev–Trinajstić information content (AvgIpc) is 2.74. The van der Waals surface area contributed by atoms with Gasteiger partial charge in [-0.3, -0.25) is 9.59 Å². The van der Waals surface area contributed by atoms with Crippen LogP contribution in [0.2, 0.25) is 0 Å². The summed E-state index contributed by atoms with van der Waals surface area (Å²) in [6.45, 7) is 6.01. The number of aryl methyl sites for hydroxylation is 1. The van der Waals surface area contributed by atoms with Crippen LogP contribution in [0.15, 0.2) is 66.7 Å². The number of anilines is 1. The monoisotopic (exact) mass is 404 g/mol. The van der Waals surface area contributed by atoms with Crippen LogP contribution in [0.25, 0.3) is 10.8 Å². The van der Waals surface area contributed by atoms with Crippen LogP contribution in [-0.4, -0.2) is 36.3 Å². The third-order valence-corrected chi connectivity index (χ3v) is 5.37. The van der Waals surface area contributed by atoms with Crippen molar-refractivity contribution in [3.63, 3.8) is 0 Å². The fourth-order valence-corrected chi connectivity index (χ4v) is 3.74. The third kappa shape index (κ3) is 5.24. The highest BCUT2D eigenvalue weighted by atomic mass is 16.2. The number of quaternary nitrogens is 1. The number of likely N-dealkylation sites (N-methyl/N-ethyl adjacent to an activating group) is 1. The van der Waals surface area contributed by atoms with E-state index in [0.29, 0.717) is 0 Å². The van der Waals surface area contributed by atoms with Gasteiger partial charge < -0.3 is 15.5 Å². The van der Waals surface area contributed by atoms with Gasteiger partial charge in [0.25, 0.3) is 5.91 Å². The van der Waals surface area contributed by atoms with Gasteiger partial charge in [-0.2, -0.15) is 0 Å². The van der Waals surface area contributed by atoms with Crippen molar-refractivity contribution in [1.82, 2.24) is 4.90 Å². The SMILES string of the molecule is Cc1ccc(NC(=O)CN(C)C(=O)[C@@H](C)[NH2+][C@@H](C)c2cccc3ccccc23)cc1. The maximum absolute atomic E-state index is 12.8. The van der Waals surface area contributed by atoms with Gasteiger partial charge >= 0.3 is 0 Å². The number of nitrogens with two attached hydrogens (primary N) is 1. The lowest BCUT2D eigenvalue weighted by Crippen LogP contribution is -2.92. The van der Waals surface area contributed by atoms with Crippen molar-refractivity contribution in [2.24, 2.45) is 0 Å². The van der Waals surface area contributed by atoms with Crippen molar-refractivity contribution in [1.29, 1.82) is 0 Å². The first kappa shape index (κ1) is 21.5. The van der Waals surface area contributed by atoms with Crippen LogP contribution in [0.1, 0.15) is 31.0 Å². The summed E-state index contributed by atoms with van der Waals surface area (Å²) >= 11 is 0. The molecule has 0 radical (unpaired) electrons. The molecule has 2 amide bonds. The predicted octanol–water partition coefficient (Wildman–Crippen LogP) is 3.26. The minimum absolute atomic E-state index is 0.0214. The summed E-state index contributed by atoms with van der Waals surface area (Å²) in [6.07, 6.45) is 0. The number of hydrogen-bond acceptors (Lipinski definition) is 2. The molecule has 3 N–H and O–H groups in total. The Morgan fingerprint density at radius 3 is 2.37 bits per heavy atom. The molecule has 3 rings (SSSR count). The summed E-state index contributed by atoms with van der Waals surface area (Å²) in [5, 5.41) is 7.29. The lowest BCUT2D eigenvalue weighted by molar-refractivity contribution is -0.710. The van der Waals surface area contributed by atoms with Crippen molar-refractivity contribution in [3.8, 4) is 0 Å². The Labute approximate surface area is 178 Å². The molecule has 0 unspecified atom stereocenters. The number of rotatable bonds is 7. The van der Waals surface area contributed by atoms with Crippen molar-refractivity contribution in [3.05, 3.63) is 77.9 Å². The molecule has 3 aromatic rings. The molecule has 0 fully saturated rings. The zero-order valence-electron chi connectivity index (χ0n) is 18.1. The van der Waals surface area contributed by atoms with Crippen LogP contribution >= 0.6 is 0 Å². The Hall–Kier alpha value is -3.18. The lowest BCUT2D eigenvalue weighted by atomic mass is 9.99. The Kier molecular flexibility index (Phi) is 6.85. The zero-order chi connectivity index (χ0) is 21.7. The van der Waals surface area contributed by atoms with Crippen molar-refractivity contribution in [2.75, 3.05) is 18.9 Å². The average molecular weight is 405 g/mol. The first-order valence-electron chi connectivity index (χ1n) is 10.3. The smallest absolute Gasteiger partial charge is 0.280 e. The van der Waals surface area contributed by atoms with E-state index in [1.807, 2.05) is 50.2 Å². The van der Waals surface area contributed by atoms with Crippen molar-refractivity contribution >= 4 is 28.3 Å². The maximum atomic E-state index is 12.8. The van der Waals surface area contributed by atoms with Gasteiger partial charge in [0, 0.05) is 18.3 Å². The molecule has 30 heavy (non-hydrogen) atoms. The Morgan fingerprint density at radius 1 is 0.967 bits per heavy atom. The molecule has 0 saturated carbocycles.